The van der Waals surface area contributed by atoms with Crippen molar-refractivity contribution < 1.29 is 0 Å². The topological polar surface area (TPSA) is 39.7 Å². The Balaban J connectivity index is 0.00000210. The number of thiophene rings is 1. The van der Waals surface area contributed by atoms with Gasteiger partial charge in [0, 0.05) is 42.6 Å². The predicted octanol–water partition coefficient (Wildman–Crippen LogP) is 4.82. The van der Waals surface area contributed by atoms with Crippen LogP contribution in [-0.4, -0.2) is 38.2 Å². The van der Waals surface area contributed by atoms with E-state index in [0.717, 1.165) is 36.4 Å². The van der Waals surface area contributed by atoms with Crippen molar-refractivity contribution in [3.63, 3.8) is 0 Å². The van der Waals surface area contributed by atoms with E-state index in [-0.39, 0.29) is 24.0 Å². The maximum Gasteiger partial charge on any atom is 0.191 e. The number of guanidine groups is 1. The van der Waals surface area contributed by atoms with Crippen molar-refractivity contribution in [2.75, 3.05) is 25.0 Å². The first-order chi connectivity index (χ1) is 12.7. The largest absolute Gasteiger partial charge is 0.363 e. The molecule has 0 spiro atoms. The highest BCUT2D eigenvalue weighted by atomic mass is 127. The van der Waals surface area contributed by atoms with Gasteiger partial charge in [0.25, 0.3) is 0 Å². The molecule has 2 atom stereocenters. The number of piperidine rings is 1. The van der Waals surface area contributed by atoms with Gasteiger partial charge >= 0.3 is 0 Å². The van der Waals surface area contributed by atoms with E-state index in [9.17, 15) is 0 Å². The molecule has 2 unspecified atom stereocenters. The Labute approximate surface area is 191 Å². The predicted molar refractivity (Wildman–Crippen MR) is 130 cm³/mol. The van der Waals surface area contributed by atoms with Gasteiger partial charge in [-0.1, -0.05) is 28.1 Å². The summed E-state index contributed by atoms with van der Waals surface area (Å²) in [6.45, 7) is 2.22. The number of rotatable bonds is 4. The number of anilines is 1. The molecular formula is C20H26BrIN4S. The van der Waals surface area contributed by atoms with Gasteiger partial charge in [0.05, 0.1) is 5.00 Å². The van der Waals surface area contributed by atoms with Crippen molar-refractivity contribution in [2.24, 2.45) is 4.99 Å². The second-order valence-corrected chi connectivity index (χ2v) is 8.92. The number of benzene rings is 1. The first-order valence-electron chi connectivity index (χ1n) is 9.26. The zero-order valence-electron chi connectivity index (χ0n) is 15.4. The molecule has 27 heavy (non-hydrogen) atoms. The molecule has 146 valence electrons. The number of halogens is 2. The lowest BCUT2D eigenvalue weighted by Gasteiger charge is -2.33. The molecular weight excluding hydrogens is 535 g/mol. The number of nitrogens with one attached hydrogen (secondary N) is 2. The molecule has 2 aliphatic rings. The van der Waals surface area contributed by atoms with Crippen molar-refractivity contribution in [1.82, 2.24) is 10.6 Å². The standard InChI is InChI=1S/C20H25BrN4S.HI/c1-22-20(24-18-13-17(18)14-4-6-15(21)7-5-14)23-16-8-10-25(11-9-16)19-3-2-12-26-19;/h2-7,12,16-18H,8-11,13H2,1H3,(H2,22,23,24);1H. The van der Waals surface area contributed by atoms with Crippen LogP contribution in [-0.2, 0) is 0 Å². The Morgan fingerprint density at radius 1 is 1.15 bits per heavy atom. The molecule has 2 aromatic rings. The average Bonchev–Trinajstić information content (AvgIpc) is 3.21. The highest BCUT2D eigenvalue weighted by molar-refractivity contribution is 14.0. The van der Waals surface area contributed by atoms with Crippen LogP contribution in [0.3, 0.4) is 0 Å². The third kappa shape index (κ3) is 5.38. The van der Waals surface area contributed by atoms with Gasteiger partial charge in [-0.25, -0.2) is 0 Å². The third-order valence-corrected chi connectivity index (χ3v) is 6.75. The molecule has 7 heteroatoms. The lowest BCUT2D eigenvalue weighted by Crippen LogP contribution is -2.49. The molecule has 2 fully saturated rings. The van der Waals surface area contributed by atoms with E-state index in [4.69, 9.17) is 0 Å². The van der Waals surface area contributed by atoms with Crippen molar-refractivity contribution in [3.8, 4) is 0 Å². The molecule has 4 nitrogen and oxygen atoms in total. The first kappa shape index (κ1) is 20.9. The number of hydrogen-bond donors (Lipinski definition) is 2. The fraction of sp³-hybridized carbons (Fsp3) is 0.450. The van der Waals surface area contributed by atoms with Crippen LogP contribution in [0.5, 0.6) is 0 Å². The van der Waals surface area contributed by atoms with Crippen LogP contribution in [0.4, 0.5) is 5.00 Å². The summed E-state index contributed by atoms with van der Waals surface area (Å²) in [4.78, 5) is 6.94. The molecule has 1 aromatic carbocycles. The van der Waals surface area contributed by atoms with Gasteiger partial charge in [-0.2, -0.15) is 0 Å². The Bertz CT molecular complexity index is 742. The average molecular weight is 561 g/mol. The molecule has 2 N–H and O–H groups in total. The van der Waals surface area contributed by atoms with Crippen LogP contribution < -0.4 is 15.5 Å². The lowest BCUT2D eigenvalue weighted by molar-refractivity contribution is 0.462. The molecule has 1 aromatic heterocycles. The van der Waals surface area contributed by atoms with E-state index in [1.54, 1.807) is 0 Å². The molecule has 0 bridgehead atoms. The third-order valence-electron chi connectivity index (χ3n) is 5.29. The summed E-state index contributed by atoms with van der Waals surface area (Å²) in [5.41, 5.74) is 1.41. The fourth-order valence-electron chi connectivity index (χ4n) is 3.67. The van der Waals surface area contributed by atoms with E-state index < -0.39 is 0 Å². The van der Waals surface area contributed by atoms with E-state index >= 15 is 0 Å². The maximum atomic E-state index is 4.45. The Kier molecular flexibility index (Phi) is 7.44. The molecule has 2 heterocycles. The minimum atomic E-state index is 0. The maximum absolute atomic E-state index is 4.45. The van der Waals surface area contributed by atoms with Crippen molar-refractivity contribution in [1.29, 1.82) is 0 Å². The minimum Gasteiger partial charge on any atom is -0.363 e. The van der Waals surface area contributed by atoms with Crippen LogP contribution in [0.15, 0.2) is 51.2 Å². The van der Waals surface area contributed by atoms with Crippen LogP contribution in [0.1, 0.15) is 30.7 Å². The Morgan fingerprint density at radius 2 is 1.89 bits per heavy atom. The molecule has 0 radical (unpaired) electrons. The minimum absolute atomic E-state index is 0. The first-order valence-corrected chi connectivity index (χ1v) is 10.9. The van der Waals surface area contributed by atoms with Crippen LogP contribution in [0, 0.1) is 0 Å². The molecule has 4 rings (SSSR count). The Morgan fingerprint density at radius 3 is 2.52 bits per heavy atom. The van der Waals surface area contributed by atoms with Gasteiger partial charge in [-0.05, 0) is 54.5 Å². The summed E-state index contributed by atoms with van der Waals surface area (Å²) in [6.07, 6.45) is 3.48. The monoisotopic (exact) mass is 560 g/mol. The smallest absolute Gasteiger partial charge is 0.191 e. The van der Waals surface area contributed by atoms with Crippen molar-refractivity contribution in [3.05, 3.63) is 51.8 Å². The number of nitrogens with zero attached hydrogens (tertiary/aromatic N) is 2. The van der Waals surface area contributed by atoms with E-state index in [1.807, 2.05) is 18.4 Å². The highest BCUT2D eigenvalue weighted by Gasteiger charge is 2.39. The van der Waals surface area contributed by atoms with Crippen LogP contribution in [0.2, 0.25) is 0 Å². The normalized spacial score (nSPS) is 22.9. The van der Waals surface area contributed by atoms with E-state index in [1.165, 1.54) is 17.0 Å². The summed E-state index contributed by atoms with van der Waals surface area (Å²) in [7, 11) is 1.87. The summed E-state index contributed by atoms with van der Waals surface area (Å²) >= 11 is 5.34. The quantitative estimate of drug-likeness (QED) is 0.320. The number of hydrogen-bond acceptors (Lipinski definition) is 3. The molecule has 1 saturated carbocycles. The summed E-state index contributed by atoms with van der Waals surface area (Å²) in [5, 5.41) is 10.8. The van der Waals surface area contributed by atoms with Gasteiger partial charge < -0.3 is 15.5 Å². The SMILES string of the molecule is CN=C(NC1CCN(c2cccs2)CC1)NC1CC1c1ccc(Br)cc1.I. The highest BCUT2D eigenvalue weighted by Crippen LogP contribution is 2.41. The van der Waals surface area contributed by atoms with Crippen molar-refractivity contribution >= 4 is 62.2 Å². The van der Waals surface area contributed by atoms with E-state index in [0.29, 0.717) is 18.0 Å². The second kappa shape index (κ2) is 9.60. The number of aliphatic imine (C=N–C) groups is 1. The Hall–Kier alpha value is -0.800. The van der Waals surface area contributed by atoms with Gasteiger partial charge in [-0.15, -0.1) is 35.3 Å². The molecule has 1 saturated heterocycles. The second-order valence-electron chi connectivity index (χ2n) is 7.07. The fourth-order valence-corrected chi connectivity index (χ4v) is 4.72. The molecule has 0 amide bonds. The lowest BCUT2D eigenvalue weighted by atomic mass is 10.1. The van der Waals surface area contributed by atoms with Crippen LogP contribution >= 0.6 is 51.2 Å². The summed E-state index contributed by atoms with van der Waals surface area (Å²) < 4.78 is 1.14. The van der Waals surface area contributed by atoms with E-state index in [2.05, 4.69) is 78.2 Å². The zero-order chi connectivity index (χ0) is 17.9. The van der Waals surface area contributed by atoms with Gasteiger partial charge in [0.1, 0.15) is 0 Å². The van der Waals surface area contributed by atoms with Crippen LogP contribution in [0.25, 0.3) is 0 Å². The molecule has 1 aliphatic heterocycles. The van der Waals surface area contributed by atoms with Gasteiger partial charge in [-0.3, -0.25) is 4.99 Å². The van der Waals surface area contributed by atoms with Crippen molar-refractivity contribution in [2.45, 2.75) is 37.3 Å². The van der Waals surface area contributed by atoms with Gasteiger partial charge in [0.15, 0.2) is 5.96 Å². The summed E-state index contributed by atoms with van der Waals surface area (Å²) in [6, 6.07) is 14.0. The summed E-state index contributed by atoms with van der Waals surface area (Å²) in [5.74, 6) is 1.55. The van der Waals surface area contributed by atoms with Gasteiger partial charge in [0.2, 0.25) is 0 Å². The zero-order valence-corrected chi connectivity index (χ0v) is 20.1. The molecule has 1 aliphatic carbocycles.